The molecule has 3 rings (SSSR count). The maximum absolute atomic E-state index is 12.0. The van der Waals surface area contributed by atoms with Crippen molar-refractivity contribution in [2.75, 3.05) is 19.8 Å². The molecule has 0 unspecified atom stereocenters. The minimum Gasteiger partial charge on any atom is -0.486 e. The van der Waals surface area contributed by atoms with E-state index in [1.807, 2.05) is 24.3 Å². The van der Waals surface area contributed by atoms with Crippen molar-refractivity contribution in [2.45, 2.75) is 18.6 Å². The summed E-state index contributed by atoms with van der Waals surface area (Å²) in [5.41, 5.74) is 2.12. The van der Waals surface area contributed by atoms with Gasteiger partial charge in [-0.3, -0.25) is 4.79 Å². The quantitative estimate of drug-likeness (QED) is 0.739. The van der Waals surface area contributed by atoms with Gasteiger partial charge in [-0.1, -0.05) is 23.7 Å². The molecule has 1 atom stereocenters. The highest BCUT2D eigenvalue weighted by Crippen LogP contribution is 2.23. The molecule has 2 N–H and O–H groups in total. The number of aliphatic hydroxyl groups is 2. The van der Waals surface area contributed by atoms with Gasteiger partial charge in [-0.15, -0.1) is 0 Å². The smallest absolute Gasteiger partial charge is 0.193 e. The Bertz CT molecular complexity index is 740. The molecular formula is C19H19ClO5. The first-order valence-electron chi connectivity index (χ1n) is 8.01. The highest BCUT2D eigenvalue weighted by Gasteiger charge is 2.20. The minimum absolute atomic E-state index is 0.126. The van der Waals surface area contributed by atoms with Gasteiger partial charge >= 0.3 is 0 Å². The van der Waals surface area contributed by atoms with Crippen molar-refractivity contribution in [1.82, 2.24) is 0 Å². The molecule has 0 aromatic heterocycles. The first kappa shape index (κ1) is 17.9. The van der Waals surface area contributed by atoms with Crippen LogP contribution in [0.5, 0.6) is 5.75 Å². The lowest BCUT2D eigenvalue weighted by molar-refractivity contribution is -0.0796. The van der Waals surface area contributed by atoms with Crippen molar-refractivity contribution in [1.29, 1.82) is 0 Å². The number of hydrogen-bond donors (Lipinski definition) is 2. The normalized spacial score (nSPS) is 15.5. The fourth-order valence-corrected chi connectivity index (χ4v) is 2.70. The molecule has 1 aliphatic heterocycles. The predicted octanol–water partition coefficient (Wildman–Crippen LogP) is 2.24. The van der Waals surface area contributed by atoms with E-state index in [4.69, 9.17) is 26.2 Å². The largest absolute Gasteiger partial charge is 0.486 e. The Balaban J connectivity index is 1.72. The summed E-state index contributed by atoms with van der Waals surface area (Å²) >= 11 is 6.23. The van der Waals surface area contributed by atoms with Gasteiger partial charge in [-0.25, -0.2) is 0 Å². The van der Waals surface area contributed by atoms with E-state index < -0.39 is 18.5 Å². The lowest BCUT2D eigenvalue weighted by Gasteiger charge is -2.26. The van der Waals surface area contributed by atoms with E-state index in [0.29, 0.717) is 30.2 Å². The van der Waals surface area contributed by atoms with Gasteiger partial charge in [0.15, 0.2) is 5.78 Å². The number of halogens is 1. The summed E-state index contributed by atoms with van der Waals surface area (Å²) in [5, 5.41) is 19.0. The van der Waals surface area contributed by atoms with Gasteiger partial charge in [0.2, 0.25) is 0 Å². The highest BCUT2D eigenvalue weighted by molar-refractivity contribution is 6.31. The van der Waals surface area contributed by atoms with E-state index in [2.05, 4.69) is 0 Å². The molecule has 0 radical (unpaired) electrons. The van der Waals surface area contributed by atoms with Gasteiger partial charge in [0.1, 0.15) is 18.0 Å². The number of benzene rings is 2. The van der Waals surface area contributed by atoms with Crippen LogP contribution in [0, 0.1) is 0 Å². The zero-order valence-electron chi connectivity index (χ0n) is 13.5. The van der Waals surface area contributed by atoms with Gasteiger partial charge < -0.3 is 19.7 Å². The molecule has 1 saturated heterocycles. The molecule has 0 spiro atoms. The average Bonchev–Trinajstić information content (AvgIpc) is 2.60. The molecule has 0 aliphatic carbocycles. The molecule has 0 saturated carbocycles. The first-order valence-corrected chi connectivity index (χ1v) is 8.39. The summed E-state index contributed by atoms with van der Waals surface area (Å²) in [7, 11) is 0. The molecule has 0 amide bonds. The number of carbonyl (C=O) groups excluding carboxylic acids is 1. The van der Waals surface area contributed by atoms with Crippen LogP contribution in [0.15, 0.2) is 42.5 Å². The van der Waals surface area contributed by atoms with Gasteiger partial charge in [0.25, 0.3) is 0 Å². The van der Waals surface area contributed by atoms with E-state index in [9.17, 15) is 9.90 Å². The summed E-state index contributed by atoms with van der Waals surface area (Å²) in [5.74, 6) is 0.269. The fourth-order valence-electron chi connectivity index (χ4n) is 2.52. The number of rotatable bonds is 7. The van der Waals surface area contributed by atoms with Crippen molar-refractivity contribution >= 4 is 17.4 Å². The molecule has 1 aliphatic rings. The fraction of sp³-hybridized carbons (Fsp3) is 0.316. The number of ether oxygens (including phenoxy) is 2. The number of hydrogen-bond acceptors (Lipinski definition) is 5. The number of aliphatic hydroxyl groups excluding tert-OH is 2. The number of Topliss-reactive ketones (excluding diaryl/α,β-unsaturated/α-hetero) is 1. The molecule has 0 bridgehead atoms. The third-order valence-corrected chi connectivity index (χ3v) is 4.40. The van der Waals surface area contributed by atoms with Crippen molar-refractivity contribution in [3.8, 4) is 5.75 Å². The Hall–Kier alpha value is -1.92. The molecule has 2 aromatic rings. The Morgan fingerprint density at radius 1 is 1.24 bits per heavy atom. The zero-order valence-corrected chi connectivity index (χ0v) is 14.3. The Morgan fingerprint density at radius 3 is 2.56 bits per heavy atom. The molecule has 6 heteroatoms. The third kappa shape index (κ3) is 4.38. The monoisotopic (exact) mass is 362 g/mol. The maximum Gasteiger partial charge on any atom is 0.193 e. The van der Waals surface area contributed by atoms with Crippen LogP contribution in [0.2, 0.25) is 5.02 Å². The van der Waals surface area contributed by atoms with E-state index in [-0.39, 0.29) is 6.10 Å². The summed E-state index contributed by atoms with van der Waals surface area (Å²) in [6, 6.07) is 12.5. The molecule has 25 heavy (non-hydrogen) atoms. The second-order valence-electron chi connectivity index (χ2n) is 5.97. The summed E-state index contributed by atoms with van der Waals surface area (Å²) in [6.45, 7) is 0.639. The van der Waals surface area contributed by atoms with Crippen LogP contribution >= 0.6 is 11.6 Å². The number of carbonyl (C=O) groups is 1. The lowest BCUT2D eigenvalue weighted by Crippen LogP contribution is -2.38. The Kier molecular flexibility index (Phi) is 5.71. The molecule has 132 valence electrons. The minimum atomic E-state index is -1.42. The standard InChI is InChI=1S/C19H19ClO5/c20-17-6-3-13(19(23)18(22)9-21)8-14(17)7-12-1-4-15(5-2-12)25-16-10-24-11-16/h1-6,8,16,18,21-22H,7,9-11H2/t18-/m1/s1. The summed E-state index contributed by atoms with van der Waals surface area (Å²) in [4.78, 5) is 12.0. The van der Waals surface area contributed by atoms with Gasteiger partial charge in [0.05, 0.1) is 19.8 Å². The van der Waals surface area contributed by atoms with Gasteiger partial charge in [0, 0.05) is 10.6 Å². The molecule has 5 nitrogen and oxygen atoms in total. The van der Waals surface area contributed by atoms with Crippen LogP contribution in [-0.4, -0.2) is 48.0 Å². The van der Waals surface area contributed by atoms with E-state index in [1.54, 1.807) is 18.2 Å². The van der Waals surface area contributed by atoms with Crippen LogP contribution in [0.25, 0.3) is 0 Å². The Labute approximate surface area is 150 Å². The van der Waals surface area contributed by atoms with Crippen molar-refractivity contribution < 1.29 is 24.5 Å². The van der Waals surface area contributed by atoms with Crippen LogP contribution < -0.4 is 4.74 Å². The van der Waals surface area contributed by atoms with Crippen LogP contribution in [0.4, 0.5) is 0 Å². The van der Waals surface area contributed by atoms with E-state index in [0.717, 1.165) is 16.9 Å². The van der Waals surface area contributed by atoms with E-state index >= 15 is 0 Å². The van der Waals surface area contributed by atoms with Crippen molar-refractivity contribution in [2.24, 2.45) is 0 Å². The maximum atomic E-state index is 12.0. The van der Waals surface area contributed by atoms with Crippen molar-refractivity contribution in [3.63, 3.8) is 0 Å². The topological polar surface area (TPSA) is 76.0 Å². The third-order valence-electron chi connectivity index (χ3n) is 4.03. The SMILES string of the molecule is O=C(c1ccc(Cl)c(Cc2ccc(OC3COC3)cc2)c1)[C@H](O)CO. The molecule has 2 aromatic carbocycles. The van der Waals surface area contributed by atoms with Crippen LogP contribution in [-0.2, 0) is 11.2 Å². The van der Waals surface area contributed by atoms with Gasteiger partial charge in [-0.2, -0.15) is 0 Å². The van der Waals surface area contributed by atoms with E-state index in [1.165, 1.54) is 0 Å². The summed E-state index contributed by atoms with van der Waals surface area (Å²) < 4.78 is 10.8. The van der Waals surface area contributed by atoms with Gasteiger partial charge in [-0.05, 0) is 47.9 Å². The second-order valence-corrected chi connectivity index (χ2v) is 6.37. The summed E-state index contributed by atoms with van der Waals surface area (Å²) in [6.07, 6.45) is -0.746. The first-order chi connectivity index (χ1) is 12.1. The average molecular weight is 363 g/mol. The molecule has 1 fully saturated rings. The zero-order chi connectivity index (χ0) is 17.8. The second kappa shape index (κ2) is 7.97. The van der Waals surface area contributed by atoms with Crippen LogP contribution in [0.3, 0.4) is 0 Å². The van der Waals surface area contributed by atoms with Crippen LogP contribution in [0.1, 0.15) is 21.5 Å². The Morgan fingerprint density at radius 2 is 1.96 bits per heavy atom. The highest BCUT2D eigenvalue weighted by atomic mass is 35.5. The molecule has 1 heterocycles. The number of ketones is 1. The van der Waals surface area contributed by atoms with Crippen molar-refractivity contribution in [3.05, 3.63) is 64.2 Å². The molecular weight excluding hydrogens is 344 g/mol. The predicted molar refractivity (Wildman–Crippen MR) is 93.4 cm³/mol. The lowest BCUT2D eigenvalue weighted by atomic mass is 9.99.